The summed E-state index contributed by atoms with van der Waals surface area (Å²) < 4.78 is 0. The molecule has 74 valence electrons. The van der Waals surface area contributed by atoms with Crippen molar-refractivity contribution in [1.29, 1.82) is 0 Å². The van der Waals surface area contributed by atoms with Gasteiger partial charge in [0, 0.05) is 24.2 Å². The number of rotatable bonds is 5. The van der Waals surface area contributed by atoms with Gasteiger partial charge in [-0.05, 0) is 13.8 Å². The van der Waals surface area contributed by atoms with Crippen LogP contribution in [0.3, 0.4) is 0 Å². The molecule has 0 aliphatic rings. The van der Waals surface area contributed by atoms with Crippen molar-refractivity contribution in [2.24, 2.45) is 5.73 Å². The SMILES string of the molecule is CC(C)(CC(N)=O)N/C=C/C(=O)O. The van der Waals surface area contributed by atoms with Gasteiger partial charge in [-0.1, -0.05) is 0 Å². The second-order valence-corrected chi connectivity index (χ2v) is 3.34. The molecule has 0 aliphatic heterocycles. The molecule has 0 aliphatic carbocycles. The minimum atomic E-state index is -1.04. The number of nitrogens with two attached hydrogens (primary N) is 1. The van der Waals surface area contributed by atoms with Gasteiger partial charge < -0.3 is 16.2 Å². The topological polar surface area (TPSA) is 92.4 Å². The first-order chi connectivity index (χ1) is 5.83. The van der Waals surface area contributed by atoms with E-state index >= 15 is 0 Å². The summed E-state index contributed by atoms with van der Waals surface area (Å²) in [5, 5.41) is 11.0. The van der Waals surface area contributed by atoms with Crippen molar-refractivity contribution in [3.05, 3.63) is 12.3 Å². The van der Waals surface area contributed by atoms with Gasteiger partial charge in [0.05, 0.1) is 0 Å². The first-order valence-corrected chi connectivity index (χ1v) is 3.79. The lowest BCUT2D eigenvalue weighted by Gasteiger charge is -2.23. The fourth-order valence-corrected chi connectivity index (χ4v) is 0.825. The molecule has 0 bridgehead atoms. The van der Waals surface area contributed by atoms with Crippen LogP contribution in [0.1, 0.15) is 20.3 Å². The summed E-state index contributed by atoms with van der Waals surface area (Å²) in [6.45, 7) is 3.51. The minimum absolute atomic E-state index is 0.150. The van der Waals surface area contributed by atoms with Crippen molar-refractivity contribution < 1.29 is 14.7 Å². The second kappa shape index (κ2) is 4.49. The third-order valence-corrected chi connectivity index (χ3v) is 1.32. The fourth-order valence-electron chi connectivity index (χ4n) is 0.825. The third-order valence-electron chi connectivity index (χ3n) is 1.32. The molecule has 0 fully saturated rings. The molecule has 0 spiro atoms. The monoisotopic (exact) mass is 186 g/mol. The number of nitrogens with one attached hydrogen (secondary N) is 1. The van der Waals surface area contributed by atoms with Gasteiger partial charge in [-0.2, -0.15) is 0 Å². The Hall–Kier alpha value is -1.52. The van der Waals surface area contributed by atoms with E-state index in [4.69, 9.17) is 10.8 Å². The summed E-state index contributed by atoms with van der Waals surface area (Å²) in [5.41, 5.74) is 4.47. The third kappa shape index (κ3) is 6.86. The van der Waals surface area contributed by atoms with Crippen molar-refractivity contribution in [2.45, 2.75) is 25.8 Å². The molecule has 5 heteroatoms. The van der Waals surface area contributed by atoms with Crippen molar-refractivity contribution in [2.75, 3.05) is 0 Å². The van der Waals surface area contributed by atoms with Crippen LogP contribution in [0, 0.1) is 0 Å². The average molecular weight is 186 g/mol. The van der Waals surface area contributed by atoms with Crippen LogP contribution < -0.4 is 11.1 Å². The van der Waals surface area contributed by atoms with Crippen LogP contribution >= 0.6 is 0 Å². The summed E-state index contributed by atoms with van der Waals surface area (Å²) >= 11 is 0. The average Bonchev–Trinajstić information content (AvgIpc) is 1.81. The Morgan fingerprint density at radius 3 is 2.46 bits per heavy atom. The van der Waals surface area contributed by atoms with E-state index in [2.05, 4.69) is 5.32 Å². The highest BCUT2D eigenvalue weighted by Crippen LogP contribution is 2.06. The quantitative estimate of drug-likeness (QED) is 0.520. The molecule has 0 aromatic heterocycles. The number of aliphatic carboxylic acids is 1. The van der Waals surface area contributed by atoms with Crippen molar-refractivity contribution in [3.8, 4) is 0 Å². The van der Waals surface area contributed by atoms with Gasteiger partial charge in [0.2, 0.25) is 5.91 Å². The number of carboxylic acids is 1. The first kappa shape index (κ1) is 11.5. The highest BCUT2D eigenvalue weighted by Gasteiger charge is 2.17. The molecule has 0 unspecified atom stereocenters. The van der Waals surface area contributed by atoms with Crippen molar-refractivity contribution in [3.63, 3.8) is 0 Å². The van der Waals surface area contributed by atoms with Crippen LogP contribution in [0.25, 0.3) is 0 Å². The molecule has 4 N–H and O–H groups in total. The van der Waals surface area contributed by atoms with E-state index in [1.165, 1.54) is 6.20 Å². The highest BCUT2D eigenvalue weighted by atomic mass is 16.4. The number of carbonyl (C=O) groups is 2. The summed E-state index contributed by atoms with van der Waals surface area (Å²) in [5.74, 6) is -1.47. The molecule has 0 saturated heterocycles. The molecule has 0 aromatic carbocycles. The van der Waals surface area contributed by atoms with E-state index in [9.17, 15) is 9.59 Å². The van der Waals surface area contributed by atoms with E-state index < -0.39 is 17.4 Å². The van der Waals surface area contributed by atoms with Crippen LogP contribution in [0.4, 0.5) is 0 Å². The minimum Gasteiger partial charge on any atom is -0.478 e. The Labute approximate surface area is 76.6 Å². The summed E-state index contributed by atoms with van der Waals surface area (Å²) in [4.78, 5) is 20.6. The second-order valence-electron chi connectivity index (χ2n) is 3.34. The van der Waals surface area contributed by atoms with E-state index in [1.54, 1.807) is 13.8 Å². The Morgan fingerprint density at radius 2 is 2.08 bits per heavy atom. The molecule has 0 radical (unpaired) electrons. The van der Waals surface area contributed by atoms with Crippen LogP contribution in [0.15, 0.2) is 12.3 Å². The Balaban J connectivity index is 4.02. The molecule has 0 atom stereocenters. The van der Waals surface area contributed by atoms with E-state index in [0.29, 0.717) is 0 Å². The molecule has 13 heavy (non-hydrogen) atoms. The predicted octanol–water partition coefficient (Wildman–Crippen LogP) is -0.172. The zero-order valence-corrected chi connectivity index (χ0v) is 7.70. The van der Waals surface area contributed by atoms with E-state index in [1.807, 2.05) is 0 Å². The maximum atomic E-state index is 10.6. The number of primary amides is 1. The van der Waals surface area contributed by atoms with Gasteiger partial charge in [0.15, 0.2) is 0 Å². The van der Waals surface area contributed by atoms with Crippen LogP contribution in [-0.2, 0) is 9.59 Å². The lowest BCUT2D eigenvalue weighted by Crippen LogP contribution is -2.39. The predicted molar refractivity (Wildman–Crippen MR) is 47.8 cm³/mol. The zero-order valence-electron chi connectivity index (χ0n) is 7.70. The number of amides is 1. The summed E-state index contributed by atoms with van der Waals surface area (Å²) in [6, 6.07) is 0. The molecule has 5 nitrogen and oxygen atoms in total. The number of hydrogen-bond donors (Lipinski definition) is 3. The fraction of sp³-hybridized carbons (Fsp3) is 0.500. The normalized spacial score (nSPS) is 11.5. The van der Waals surface area contributed by atoms with Crippen LogP contribution in [0.2, 0.25) is 0 Å². The maximum absolute atomic E-state index is 10.6. The van der Waals surface area contributed by atoms with Crippen LogP contribution in [-0.4, -0.2) is 22.5 Å². The molecule has 0 heterocycles. The van der Waals surface area contributed by atoms with Gasteiger partial charge in [-0.25, -0.2) is 4.79 Å². The van der Waals surface area contributed by atoms with E-state index in [-0.39, 0.29) is 6.42 Å². The van der Waals surface area contributed by atoms with Gasteiger partial charge in [-0.3, -0.25) is 4.79 Å². The van der Waals surface area contributed by atoms with Gasteiger partial charge in [0.25, 0.3) is 0 Å². The smallest absolute Gasteiger partial charge is 0.329 e. The molecule has 0 aromatic rings. The van der Waals surface area contributed by atoms with Gasteiger partial charge in [0.1, 0.15) is 0 Å². The van der Waals surface area contributed by atoms with Crippen molar-refractivity contribution >= 4 is 11.9 Å². The Bertz CT molecular complexity index is 234. The van der Waals surface area contributed by atoms with Gasteiger partial charge >= 0.3 is 5.97 Å². The number of carboxylic acid groups (broad SMARTS) is 1. The summed E-state index contributed by atoms with van der Waals surface area (Å²) in [6.07, 6.45) is 2.39. The largest absolute Gasteiger partial charge is 0.478 e. The molecule has 0 saturated carbocycles. The van der Waals surface area contributed by atoms with E-state index in [0.717, 1.165) is 6.08 Å². The number of hydrogen-bond acceptors (Lipinski definition) is 3. The zero-order chi connectivity index (χ0) is 10.5. The summed E-state index contributed by atoms with van der Waals surface area (Å²) in [7, 11) is 0. The Kier molecular flexibility index (Phi) is 3.97. The molecule has 1 amide bonds. The molecular weight excluding hydrogens is 172 g/mol. The lowest BCUT2D eigenvalue weighted by molar-refractivity contribution is -0.131. The lowest BCUT2D eigenvalue weighted by atomic mass is 10.0. The molecule has 0 rings (SSSR count). The highest BCUT2D eigenvalue weighted by molar-refractivity contribution is 5.79. The van der Waals surface area contributed by atoms with Crippen LogP contribution in [0.5, 0.6) is 0 Å². The first-order valence-electron chi connectivity index (χ1n) is 3.79. The van der Waals surface area contributed by atoms with Crippen molar-refractivity contribution in [1.82, 2.24) is 5.32 Å². The van der Waals surface area contributed by atoms with Gasteiger partial charge in [-0.15, -0.1) is 0 Å². The maximum Gasteiger partial charge on any atom is 0.329 e. The number of carbonyl (C=O) groups excluding carboxylic acids is 1. The Morgan fingerprint density at radius 1 is 1.54 bits per heavy atom. The molecular formula is C8H14N2O3. The standard InChI is InChI=1S/C8H14N2O3/c1-8(2,5-6(9)11)10-4-3-7(12)13/h3-4,10H,5H2,1-2H3,(H2,9,11)(H,12,13)/b4-3+.